The Morgan fingerprint density at radius 2 is 2.19 bits per heavy atom. The van der Waals surface area contributed by atoms with Crippen molar-refractivity contribution in [1.29, 1.82) is 0 Å². The highest BCUT2D eigenvalue weighted by atomic mass is 19.1. The molecule has 0 radical (unpaired) electrons. The van der Waals surface area contributed by atoms with E-state index in [1.807, 2.05) is 0 Å². The molecule has 0 aromatic heterocycles. The van der Waals surface area contributed by atoms with Crippen LogP contribution >= 0.6 is 0 Å². The Kier molecular flexibility index (Phi) is 3.54. The van der Waals surface area contributed by atoms with Crippen LogP contribution in [0, 0.1) is 24.5 Å². The molecule has 0 aliphatic carbocycles. The second-order valence-corrected chi connectivity index (χ2v) is 4.59. The molecule has 1 saturated heterocycles. The highest BCUT2D eigenvalue weighted by Crippen LogP contribution is 2.21. The number of nitrogens with one attached hydrogen (secondary N) is 1. The van der Waals surface area contributed by atoms with Crippen LogP contribution in [0.5, 0.6) is 0 Å². The zero-order valence-corrected chi connectivity index (χ0v) is 9.52. The van der Waals surface area contributed by atoms with Crippen molar-refractivity contribution < 1.29 is 8.78 Å². The first kappa shape index (κ1) is 11.5. The van der Waals surface area contributed by atoms with Gasteiger partial charge in [0.15, 0.2) is 0 Å². The van der Waals surface area contributed by atoms with Crippen LogP contribution in [0.4, 0.5) is 8.78 Å². The van der Waals surface area contributed by atoms with Gasteiger partial charge in [0.05, 0.1) is 0 Å². The molecule has 1 fully saturated rings. The molecule has 0 amide bonds. The lowest BCUT2D eigenvalue weighted by molar-refractivity contribution is 0.374. The largest absolute Gasteiger partial charge is 0.316 e. The lowest BCUT2D eigenvalue weighted by Gasteiger charge is -2.23. The van der Waals surface area contributed by atoms with Gasteiger partial charge in [0, 0.05) is 6.07 Å². The molecule has 1 atom stereocenters. The van der Waals surface area contributed by atoms with Crippen LogP contribution in [0.1, 0.15) is 24.0 Å². The minimum absolute atomic E-state index is 0.432. The SMILES string of the molecule is Cc1c(F)cc(F)cc1CC1CCCNC1. The molecule has 1 aliphatic heterocycles. The lowest BCUT2D eigenvalue weighted by Crippen LogP contribution is -2.31. The standard InChI is InChI=1S/C13H17F2N/c1-9-11(6-12(14)7-13(9)15)5-10-3-2-4-16-8-10/h6-7,10,16H,2-5,8H2,1H3. The Morgan fingerprint density at radius 1 is 1.38 bits per heavy atom. The Balaban J connectivity index is 2.13. The summed E-state index contributed by atoms with van der Waals surface area (Å²) in [6.45, 7) is 3.74. The van der Waals surface area contributed by atoms with E-state index >= 15 is 0 Å². The molecule has 16 heavy (non-hydrogen) atoms. The average molecular weight is 225 g/mol. The Bertz CT molecular complexity index is 370. The maximum Gasteiger partial charge on any atom is 0.129 e. The van der Waals surface area contributed by atoms with E-state index in [4.69, 9.17) is 0 Å². The Labute approximate surface area is 94.9 Å². The third-order valence-electron chi connectivity index (χ3n) is 3.32. The van der Waals surface area contributed by atoms with Crippen LogP contribution in [0.25, 0.3) is 0 Å². The maximum absolute atomic E-state index is 13.3. The maximum atomic E-state index is 13.3. The third kappa shape index (κ3) is 2.59. The fraction of sp³-hybridized carbons (Fsp3) is 0.538. The summed E-state index contributed by atoms with van der Waals surface area (Å²) < 4.78 is 26.4. The first-order valence-electron chi connectivity index (χ1n) is 5.82. The van der Waals surface area contributed by atoms with Gasteiger partial charge in [0.2, 0.25) is 0 Å². The van der Waals surface area contributed by atoms with Crippen LogP contribution in [0.15, 0.2) is 12.1 Å². The van der Waals surface area contributed by atoms with E-state index in [1.54, 1.807) is 6.92 Å². The number of rotatable bonds is 2. The lowest BCUT2D eigenvalue weighted by atomic mass is 9.90. The highest BCUT2D eigenvalue weighted by Gasteiger charge is 2.16. The molecule has 1 unspecified atom stereocenters. The Morgan fingerprint density at radius 3 is 2.88 bits per heavy atom. The van der Waals surface area contributed by atoms with Gasteiger partial charge >= 0.3 is 0 Å². The first-order valence-corrected chi connectivity index (χ1v) is 5.82. The molecule has 1 aromatic rings. The van der Waals surface area contributed by atoms with Gasteiger partial charge in [-0.2, -0.15) is 0 Å². The van der Waals surface area contributed by atoms with Crippen LogP contribution in [0.3, 0.4) is 0 Å². The summed E-state index contributed by atoms with van der Waals surface area (Å²) in [4.78, 5) is 0. The molecule has 0 bridgehead atoms. The molecule has 3 heteroatoms. The van der Waals surface area contributed by atoms with Crippen molar-refractivity contribution >= 4 is 0 Å². The minimum atomic E-state index is -0.470. The number of benzene rings is 1. The van der Waals surface area contributed by atoms with Gasteiger partial charge in [-0.1, -0.05) is 0 Å². The molecule has 2 rings (SSSR count). The average Bonchev–Trinajstić information content (AvgIpc) is 2.27. The van der Waals surface area contributed by atoms with Gasteiger partial charge in [-0.05, 0) is 62.4 Å². The van der Waals surface area contributed by atoms with Crippen LogP contribution < -0.4 is 5.32 Å². The molecule has 88 valence electrons. The van der Waals surface area contributed by atoms with Gasteiger partial charge in [-0.3, -0.25) is 0 Å². The van der Waals surface area contributed by atoms with Crippen molar-refractivity contribution in [2.75, 3.05) is 13.1 Å². The molecule has 1 aromatic carbocycles. The van der Waals surface area contributed by atoms with E-state index in [1.165, 1.54) is 6.07 Å². The predicted octanol–water partition coefficient (Wildman–Crippen LogP) is 2.82. The molecule has 0 saturated carbocycles. The number of halogens is 2. The topological polar surface area (TPSA) is 12.0 Å². The quantitative estimate of drug-likeness (QED) is 0.816. The summed E-state index contributed by atoms with van der Waals surface area (Å²) >= 11 is 0. The van der Waals surface area contributed by atoms with Crippen molar-refractivity contribution in [1.82, 2.24) is 5.32 Å². The van der Waals surface area contributed by atoms with Crippen molar-refractivity contribution in [3.8, 4) is 0 Å². The second kappa shape index (κ2) is 4.91. The van der Waals surface area contributed by atoms with Gasteiger partial charge < -0.3 is 5.32 Å². The van der Waals surface area contributed by atoms with Gasteiger partial charge in [-0.25, -0.2) is 8.78 Å². The second-order valence-electron chi connectivity index (χ2n) is 4.59. The zero-order valence-electron chi connectivity index (χ0n) is 9.52. The van der Waals surface area contributed by atoms with Gasteiger partial charge in [-0.15, -0.1) is 0 Å². The molecule has 1 heterocycles. The fourth-order valence-electron chi connectivity index (χ4n) is 2.32. The van der Waals surface area contributed by atoms with Gasteiger partial charge in [0.1, 0.15) is 11.6 Å². The van der Waals surface area contributed by atoms with Crippen molar-refractivity contribution in [2.45, 2.75) is 26.2 Å². The van der Waals surface area contributed by atoms with E-state index in [2.05, 4.69) is 5.32 Å². The molecule has 1 aliphatic rings. The van der Waals surface area contributed by atoms with Crippen molar-refractivity contribution in [3.63, 3.8) is 0 Å². The number of hydrogen-bond donors (Lipinski definition) is 1. The van der Waals surface area contributed by atoms with E-state index in [0.717, 1.165) is 44.0 Å². The molecule has 1 N–H and O–H groups in total. The number of piperidine rings is 1. The molecule has 1 nitrogen and oxygen atoms in total. The summed E-state index contributed by atoms with van der Waals surface area (Å²) in [6.07, 6.45) is 3.07. The normalized spacial score (nSPS) is 21.1. The zero-order chi connectivity index (χ0) is 11.5. The highest BCUT2D eigenvalue weighted by molar-refractivity contribution is 5.28. The molecule has 0 spiro atoms. The predicted molar refractivity (Wildman–Crippen MR) is 60.4 cm³/mol. The van der Waals surface area contributed by atoms with Crippen LogP contribution in [-0.2, 0) is 6.42 Å². The first-order chi connectivity index (χ1) is 7.66. The smallest absolute Gasteiger partial charge is 0.129 e. The monoisotopic (exact) mass is 225 g/mol. The third-order valence-corrected chi connectivity index (χ3v) is 3.32. The van der Waals surface area contributed by atoms with E-state index < -0.39 is 11.6 Å². The summed E-state index contributed by atoms with van der Waals surface area (Å²) in [6, 6.07) is 2.42. The summed E-state index contributed by atoms with van der Waals surface area (Å²) in [5.41, 5.74) is 1.40. The summed E-state index contributed by atoms with van der Waals surface area (Å²) in [7, 11) is 0. The molecular formula is C13H17F2N. The van der Waals surface area contributed by atoms with Gasteiger partial charge in [0.25, 0.3) is 0 Å². The summed E-state index contributed by atoms with van der Waals surface area (Å²) in [5.74, 6) is -0.394. The Hall–Kier alpha value is -0.960. The van der Waals surface area contributed by atoms with Crippen molar-refractivity contribution in [2.24, 2.45) is 5.92 Å². The van der Waals surface area contributed by atoms with E-state index in [0.29, 0.717) is 11.5 Å². The van der Waals surface area contributed by atoms with Crippen molar-refractivity contribution in [3.05, 3.63) is 34.9 Å². The van der Waals surface area contributed by atoms with Crippen LogP contribution in [0.2, 0.25) is 0 Å². The summed E-state index contributed by atoms with van der Waals surface area (Å²) in [5, 5.41) is 3.32. The molecular weight excluding hydrogens is 208 g/mol. The van der Waals surface area contributed by atoms with E-state index in [-0.39, 0.29) is 0 Å². The van der Waals surface area contributed by atoms with E-state index in [9.17, 15) is 8.78 Å². The fourth-order valence-corrected chi connectivity index (χ4v) is 2.32. The number of hydrogen-bond acceptors (Lipinski definition) is 1. The minimum Gasteiger partial charge on any atom is -0.316 e. The van der Waals surface area contributed by atoms with Crippen LogP contribution in [-0.4, -0.2) is 13.1 Å².